The Balaban J connectivity index is 1.71. The number of hydrogen-bond donors (Lipinski definition) is 2. The van der Waals surface area contributed by atoms with E-state index in [1.807, 2.05) is 12.1 Å². The van der Waals surface area contributed by atoms with E-state index in [1.54, 1.807) is 19.1 Å². The summed E-state index contributed by atoms with van der Waals surface area (Å²) in [4.78, 5) is 23.9. The number of hydrazone groups is 1. The van der Waals surface area contributed by atoms with Gasteiger partial charge in [0.15, 0.2) is 0 Å². The van der Waals surface area contributed by atoms with Gasteiger partial charge in [0.25, 0.3) is 0 Å². The largest absolute Gasteiger partial charge is 0.352 e. The van der Waals surface area contributed by atoms with Gasteiger partial charge in [-0.3, -0.25) is 9.59 Å². The van der Waals surface area contributed by atoms with E-state index >= 15 is 0 Å². The molecule has 1 saturated carbocycles. The van der Waals surface area contributed by atoms with Crippen LogP contribution < -0.4 is 10.7 Å². The van der Waals surface area contributed by atoms with Crippen molar-refractivity contribution in [3.63, 3.8) is 0 Å². The Morgan fingerprint density at radius 3 is 2.50 bits per heavy atom. The van der Waals surface area contributed by atoms with Crippen molar-refractivity contribution in [2.75, 3.05) is 0 Å². The third-order valence-corrected chi connectivity index (χ3v) is 4.40. The topological polar surface area (TPSA) is 70.6 Å². The summed E-state index contributed by atoms with van der Waals surface area (Å²) in [6.07, 6.45) is 5.45. The van der Waals surface area contributed by atoms with Gasteiger partial charge in [-0.25, -0.2) is 5.43 Å². The van der Waals surface area contributed by atoms with Gasteiger partial charge < -0.3 is 5.32 Å². The molecule has 24 heavy (non-hydrogen) atoms. The number of carbonyl (C=O) groups is 2. The van der Waals surface area contributed by atoms with E-state index in [4.69, 9.17) is 11.6 Å². The molecule has 5 nitrogen and oxygen atoms in total. The Labute approximate surface area is 147 Å². The van der Waals surface area contributed by atoms with Crippen LogP contribution in [-0.4, -0.2) is 17.5 Å². The minimum atomic E-state index is -0.127. The van der Waals surface area contributed by atoms with Gasteiger partial charge in [-0.05, 0) is 37.5 Å². The highest BCUT2D eigenvalue weighted by Crippen LogP contribution is 2.23. The van der Waals surface area contributed by atoms with Crippen molar-refractivity contribution in [2.24, 2.45) is 11.0 Å². The summed E-state index contributed by atoms with van der Waals surface area (Å²) in [6.45, 7) is 2.18. The second-order valence-corrected chi connectivity index (χ2v) is 6.67. The van der Waals surface area contributed by atoms with E-state index in [2.05, 4.69) is 15.8 Å². The lowest BCUT2D eigenvalue weighted by Crippen LogP contribution is -2.30. The smallest absolute Gasteiger partial charge is 0.243 e. The van der Waals surface area contributed by atoms with E-state index in [-0.39, 0.29) is 24.2 Å². The number of nitrogens with one attached hydrogen (secondary N) is 2. The molecule has 1 fully saturated rings. The second kappa shape index (κ2) is 9.42. The quantitative estimate of drug-likeness (QED) is 0.610. The van der Waals surface area contributed by atoms with Crippen LogP contribution in [0.4, 0.5) is 0 Å². The number of halogens is 1. The molecule has 1 aromatic rings. The van der Waals surface area contributed by atoms with Crippen molar-refractivity contribution in [1.29, 1.82) is 0 Å². The molecule has 0 bridgehead atoms. The monoisotopic (exact) mass is 349 g/mol. The zero-order chi connectivity index (χ0) is 17.4. The highest BCUT2D eigenvalue weighted by Gasteiger charge is 2.20. The summed E-state index contributed by atoms with van der Waals surface area (Å²) in [5.41, 5.74) is 4.16. The molecule has 1 aliphatic rings. The summed E-state index contributed by atoms with van der Waals surface area (Å²) in [5.74, 6) is -0.0947. The Morgan fingerprint density at radius 1 is 1.17 bits per heavy atom. The Hall–Kier alpha value is -1.88. The first kappa shape index (κ1) is 18.5. The maximum absolute atomic E-state index is 12.0. The molecule has 0 saturated heterocycles. The van der Waals surface area contributed by atoms with Crippen LogP contribution in [0.1, 0.15) is 51.0 Å². The van der Waals surface area contributed by atoms with Crippen molar-refractivity contribution in [3.05, 3.63) is 34.9 Å². The summed E-state index contributed by atoms with van der Waals surface area (Å²) >= 11 is 5.82. The number of hydrogen-bond acceptors (Lipinski definition) is 3. The van der Waals surface area contributed by atoms with Gasteiger partial charge in [0.05, 0.1) is 6.42 Å². The molecule has 2 amide bonds. The van der Waals surface area contributed by atoms with Crippen molar-refractivity contribution in [1.82, 2.24) is 10.7 Å². The number of rotatable bonds is 6. The first-order chi connectivity index (χ1) is 11.5. The van der Waals surface area contributed by atoms with Gasteiger partial charge in [-0.2, -0.15) is 5.10 Å². The zero-order valence-electron chi connectivity index (χ0n) is 14.0. The van der Waals surface area contributed by atoms with Crippen LogP contribution >= 0.6 is 11.6 Å². The molecule has 0 atom stereocenters. The van der Waals surface area contributed by atoms with Gasteiger partial charge in [-0.15, -0.1) is 0 Å². The highest BCUT2D eigenvalue weighted by atomic mass is 35.5. The molecular weight excluding hydrogens is 326 g/mol. The van der Waals surface area contributed by atoms with Gasteiger partial charge in [0.2, 0.25) is 11.8 Å². The summed E-state index contributed by atoms with van der Waals surface area (Å²) in [5, 5.41) is 7.54. The van der Waals surface area contributed by atoms with Crippen LogP contribution in [0.2, 0.25) is 5.02 Å². The van der Waals surface area contributed by atoms with Crippen LogP contribution in [0.15, 0.2) is 29.4 Å². The van der Waals surface area contributed by atoms with E-state index in [9.17, 15) is 9.59 Å². The summed E-state index contributed by atoms with van der Waals surface area (Å²) in [6, 6.07) is 7.31. The minimum Gasteiger partial charge on any atom is -0.352 e. The van der Waals surface area contributed by atoms with Crippen LogP contribution in [0, 0.1) is 5.92 Å². The van der Waals surface area contributed by atoms with E-state index < -0.39 is 0 Å². The SMILES string of the molecule is C/C(CC(=O)NCc1ccc(Cl)cc1)=N\NC(=O)C1CCCCC1. The number of carbonyl (C=O) groups excluding carboxylic acids is 2. The second-order valence-electron chi connectivity index (χ2n) is 6.24. The molecule has 0 heterocycles. The predicted octanol–water partition coefficient (Wildman–Crippen LogP) is 3.42. The zero-order valence-corrected chi connectivity index (χ0v) is 14.7. The summed E-state index contributed by atoms with van der Waals surface area (Å²) < 4.78 is 0. The maximum atomic E-state index is 12.0. The average Bonchev–Trinajstić information content (AvgIpc) is 2.60. The number of nitrogens with zero attached hydrogens (tertiary/aromatic N) is 1. The first-order valence-corrected chi connectivity index (χ1v) is 8.76. The van der Waals surface area contributed by atoms with Crippen molar-refractivity contribution < 1.29 is 9.59 Å². The molecular formula is C18H24ClN3O2. The molecule has 0 radical (unpaired) electrons. The van der Waals surface area contributed by atoms with Gasteiger partial charge in [0, 0.05) is 23.2 Å². The van der Waals surface area contributed by atoms with Gasteiger partial charge in [-0.1, -0.05) is 43.0 Å². The van der Waals surface area contributed by atoms with Crippen molar-refractivity contribution in [3.8, 4) is 0 Å². The van der Waals surface area contributed by atoms with E-state index in [1.165, 1.54) is 6.42 Å². The van der Waals surface area contributed by atoms with Crippen LogP contribution in [-0.2, 0) is 16.1 Å². The fraction of sp³-hybridized carbons (Fsp3) is 0.500. The Bertz CT molecular complexity index is 593. The lowest BCUT2D eigenvalue weighted by molar-refractivity contribution is -0.126. The van der Waals surface area contributed by atoms with Crippen LogP contribution in [0.25, 0.3) is 0 Å². The Morgan fingerprint density at radius 2 is 1.83 bits per heavy atom. The van der Waals surface area contributed by atoms with Gasteiger partial charge >= 0.3 is 0 Å². The molecule has 130 valence electrons. The van der Waals surface area contributed by atoms with Crippen LogP contribution in [0.5, 0.6) is 0 Å². The fourth-order valence-corrected chi connectivity index (χ4v) is 2.87. The molecule has 2 N–H and O–H groups in total. The third kappa shape index (κ3) is 6.32. The average molecular weight is 350 g/mol. The molecule has 0 aliphatic heterocycles. The van der Waals surface area contributed by atoms with Gasteiger partial charge in [0.1, 0.15) is 0 Å². The number of benzene rings is 1. The third-order valence-electron chi connectivity index (χ3n) is 4.15. The van der Waals surface area contributed by atoms with Crippen molar-refractivity contribution in [2.45, 2.75) is 52.0 Å². The lowest BCUT2D eigenvalue weighted by atomic mass is 9.89. The molecule has 1 aromatic carbocycles. The van der Waals surface area contributed by atoms with E-state index in [0.717, 1.165) is 31.2 Å². The predicted molar refractivity (Wildman–Crippen MR) is 95.7 cm³/mol. The van der Waals surface area contributed by atoms with E-state index in [0.29, 0.717) is 17.3 Å². The summed E-state index contributed by atoms with van der Waals surface area (Å²) in [7, 11) is 0. The molecule has 0 aromatic heterocycles. The highest BCUT2D eigenvalue weighted by molar-refractivity contribution is 6.30. The molecule has 2 rings (SSSR count). The normalized spacial score (nSPS) is 15.8. The first-order valence-electron chi connectivity index (χ1n) is 8.39. The molecule has 6 heteroatoms. The molecule has 0 unspecified atom stereocenters. The maximum Gasteiger partial charge on any atom is 0.243 e. The van der Waals surface area contributed by atoms with Crippen LogP contribution in [0.3, 0.4) is 0 Å². The molecule has 0 spiro atoms. The Kier molecular flexibility index (Phi) is 7.25. The van der Waals surface area contributed by atoms with Crippen molar-refractivity contribution >= 4 is 29.1 Å². The standard InChI is InChI=1S/C18H24ClN3O2/c1-13(21-22-18(24)15-5-3-2-4-6-15)11-17(23)20-12-14-7-9-16(19)10-8-14/h7-10,15H,2-6,11-12H2,1H3,(H,20,23)(H,22,24)/b21-13+. The minimum absolute atomic E-state index is 0.0318. The lowest BCUT2D eigenvalue weighted by Gasteiger charge is -2.19. The molecule has 1 aliphatic carbocycles. The number of amides is 2. The fourth-order valence-electron chi connectivity index (χ4n) is 2.74.